The molecule has 0 N–H and O–H groups in total. The Labute approximate surface area is 173 Å². The highest BCUT2D eigenvalue weighted by atomic mass is 16.2. The van der Waals surface area contributed by atoms with Gasteiger partial charge < -0.3 is 14.7 Å². The Balaban J connectivity index is 1.30. The lowest BCUT2D eigenvalue weighted by Crippen LogP contribution is -2.52. The summed E-state index contributed by atoms with van der Waals surface area (Å²) in [5.74, 6) is 1.39. The Morgan fingerprint density at radius 2 is 1.59 bits per heavy atom. The minimum Gasteiger partial charge on any atom is -0.368 e. The number of benzene rings is 1. The van der Waals surface area contributed by atoms with Gasteiger partial charge in [0.15, 0.2) is 5.82 Å². The van der Waals surface area contributed by atoms with E-state index in [1.54, 1.807) is 0 Å². The molecule has 0 unspecified atom stereocenters. The Morgan fingerprint density at radius 3 is 2.24 bits per heavy atom. The van der Waals surface area contributed by atoms with Crippen molar-refractivity contribution in [1.29, 1.82) is 0 Å². The van der Waals surface area contributed by atoms with E-state index < -0.39 is 0 Å². The molecule has 0 atom stereocenters. The summed E-state index contributed by atoms with van der Waals surface area (Å²) in [6, 6.07) is 10.6. The number of hydrogen-bond acceptors (Lipinski definition) is 5. The first-order valence-corrected chi connectivity index (χ1v) is 10.7. The van der Waals surface area contributed by atoms with Crippen LogP contribution in [0.25, 0.3) is 0 Å². The molecule has 2 aromatic rings. The standard InChI is InChI=1S/C23H31N5O/c1-17-4-5-18(2)21(16-17)26-12-14-28(15-13-26)23(29)20-8-10-27(11-9-20)22-7-6-19(3)24-25-22/h4-7,16,20H,8-15H2,1-3H3. The van der Waals surface area contributed by atoms with E-state index in [9.17, 15) is 4.79 Å². The van der Waals surface area contributed by atoms with Gasteiger partial charge in [-0.05, 0) is 62.9 Å². The van der Waals surface area contributed by atoms with E-state index in [1.165, 1.54) is 16.8 Å². The van der Waals surface area contributed by atoms with Crippen LogP contribution in [0.3, 0.4) is 0 Å². The quantitative estimate of drug-likeness (QED) is 0.802. The number of aryl methyl sites for hydroxylation is 3. The summed E-state index contributed by atoms with van der Waals surface area (Å²) < 4.78 is 0. The van der Waals surface area contributed by atoms with Crippen molar-refractivity contribution in [2.75, 3.05) is 49.1 Å². The molecular weight excluding hydrogens is 362 g/mol. The van der Waals surface area contributed by atoms with Gasteiger partial charge in [-0.3, -0.25) is 4.79 Å². The number of rotatable bonds is 3. The maximum Gasteiger partial charge on any atom is 0.225 e. The summed E-state index contributed by atoms with van der Waals surface area (Å²) in [6.45, 7) is 11.4. The molecule has 1 aromatic heterocycles. The van der Waals surface area contributed by atoms with Crippen molar-refractivity contribution in [3.8, 4) is 0 Å². The van der Waals surface area contributed by atoms with E-state index in [0.29, 0.717) is 5.91 Å². The smallest absolute Gasteiger partial charge is 0.225 e. The molecule has 0 spiro atoms. The van der Waals surface area contributed by atoms with Crippen LogP contribution in [0.15, 0.2) is 30.3 Å². The molecule has 29 heavy (non-hydrogen) atoms. The number of anilines is 2. The van der Waals surface area contributed by atoms with Gasteiger partial charge in [0, 0.05) is 50.9 Å². The van der Waals surface area contributed by atoms with Crippen LogP contribution < -0.4 is 9.80 Å². The molecule has 2 aliphatic rings. The molecule has 2 aliphatic heterocycles. The zero-order valence-corrected chi connectivity index (χ0v) is 17.8. The van der Waals surface area contributed by atoms with Crippen LogP contribution in [-0.2, 0) is 4.79 Å². The molecule has 6 heteroatoms. The number of aromatic nitrogens is 2. The SMILES string of the molecule is Cc1ccc(C)c(N2CCN(C(=O)C3CCN(c4ccc(C)nn4)CC3)CC2)c1. The second-order valence-electron chi connectivity index (χ2n) is 8.40. The van der Waals surface area contributed by atoms with Gasteiger partial charge >= 0.3 is 0 Å². The number of amides is 1. The normalized spacial score (nSPS) is 18.2. The van der Waals surface area contributed by atoms with E-state index in [1.807, 2.05) is 19.1 Å². The van der Waals surface area contributed by atoms with Crippen LogP contribution in [0.5, 0.6) is 0 Å². The van der Waals surface area contributed by atoms with Gasteiger partial charge in [0.1, 0.15) is 0 Å². The Bertz CT molecular complexity index is 850. The first-order valence-electron chi connectivity index (χ1n) is 10.7. The number of carbonyl (C=O) groups excluding carboxylic acids is 1. The molecule has 1 aromatic carbocycles. The number of carbonyl (C=O) groups is 1. The summed E-state index contributed by atoms with van der Waals surface area (Å²) in [5, 5.41) is 8.44. The van der Waals surface area contributed by atoms with Crippen molar-refractivity contribution in [3.63, 3.8) is 0 Å². The lowest BCUT2D eigenvalue weighted by Gasteiger charge is -2.40. The topological polar surface area (TPSA) is 52.6 Å². The van der Waals surface area contributed by atoms with Gasteiger partial charge in [0.05, 0.1) is 5.69 Å². The first-order chi connectivity index (χ1) is 14.0. The van der Waals surface area contributed by atoms with E-state index in [2.05, 4.69) is 56.9 Å². The van der Waals surface area contributed by atoms with Crippen LogP contribution in [0.1, 0.15) is 29.7 Å². The second kappa shape index (κ2) is 8.39. The van der Waals surface area contributed by atoms with E-state index in [-0.39, 0.29) is 5.92 Å². The van der Waals surface area contributed by atoms with Gasteiger partial charge in [-0.2, -0.15) is 5.10 Å². The second-order valence-corrected chi connectivity index (χ2v) is 8.40. The number of hydrogen-bond donors (Lipinski definition) is 0. The average molecular weight is 394 g/mol. The molecule has 1 amide bonds. The minimum absolute atomic E-state index is 0.136. The van der Waals surface area contributed by atoms with Crippen LogP contribution in [-0.4, -0.2) is 60.3 Å². The monoisotopic (exact) mass is 393 g/mol. The van der Waals surface area contributed by atoms with E-state index in [0.717, 1.165) is 63.6 Å². The fourth-order valence-corrected chi connectivity index (χ4v) is 4.40. The van der Waals surface area contributed by atoms with Crippen molar-refractivity contribution in [3.05, 3.63) is 47.2 Å². The Morgan fingerprint density at radius 1 is 0.862 bits per heavy atom. The lowest BCUT2D eigenvalue weighted by molar-refractivity contribution is -0.136. The van der Waals surface area contributed by atoms with Crippen LogP contribution in [0, 0.1) is 26.7 Å². The molecule has 4 rings (SSSR count). The predicted octanol–water partition coefficient (Wildman–Crippen LogP) is 2.97. The largest absolute Gasteiger partial charge is 0.368 e. The Kier molecular flexibility index (Phi) is 5.69. The summed E-state index contributed by atoms with van der Waals surface area (Å²) >= 11 is 0. The molecule has 0 bridgehead atoms. The number of nitrogens with zero attached hydrogens (tertiary/aromatic N) is 5. The first kappa shape index (κ1) is 19.7. The molecule has 0 saturated carbocycles. The third-order valence-electron chi connectivity index (χ3n) is 6.25. The molecule has 2 saturated heterocycles. The summed E-state index contributed by atoms with van der Waals surface area (Å²) in [4.78, 5) is 19.8. The van der Waals surface area contributed by atoms with E-state index >= 15 is 0 Å². The maximum absolute atomic E-state index is 13.1. The van der Waals surface area contributed by atoms with Crippen molar-refractivity contribution in [1.82, 2.24) is 15.1 Å². The molecule has 0 aliphatic carbocycles. The lowest BCUT2D eigenvalue weighted by atomic mass is 9.95. The zero-order chi connectivity index (χ0) is 20.4. The van der Waals surface area contributed by atoms with Crippen molar-refractivity contribution in [2.24, 2.45) is 5.92 Å². The molecule has 154 valence electrons. The third kappa shape index (κ3) is 4.36. The number of piperidine rings is 1. The van der Waals surface area contributed by atoms with E-state index in [4.69, 9.17) is 0 Å². The molecule has 3 heterocycles. The minimum atomic E-state index is 0.136. The molecule has 0 radical (unpaired) electrons. The predicted molar refractivity (Wildman–Crippen MR) is 116 cm³/mol. The van der Waals surface area contributed by atoms with Gasteiger partial charge in [0.25, 0.3) is 0 Å². The van der Waals surface area contributed by atoms with Crippen LogP contribution in [0.4, 0.5) is 11.5 Å². The van der Waals surface area contributed by atoms with Gasteiger partial charge in [-0.1, -0.05) is 12.1 Å². The van der Waals surface area contributed by atoms with Crippen LogP contribution >= 0.6 is 0 Å². The van der Waals surface area contributed by atoms with Crippen molar-refractivity contribution >= 4 is 17.4 Å². The van der Waals surface area contributed by atoms with Crippen molar-refractivity contribution < 1.29 is 4.79 Å². The fraction of sp³-hybridized carbons (Fsp3) is 0.522. The van der Waals surface area contributed by atoms with Gasteiger partial charge in [-0.15, -0.1) is 5.10 Å². The average Bonchev–Trinajstić information content (AvgIpc) is 2.76. The molecule has 2 fully saturated rings. The zero-order valence-electron chi connectivity index (χ0n) is 17.8. The fourth-order valence-electron chi connectivity index (χ4n) is 4.40. The highest BCUT2D eigenvalue weighted by Gasteiger charge is 2.31. The van der Waals surface area contributed by atoms with Crippen LogP contribution in [0.2, 0.25) is 0 Å². The summed E-state index contributed by atoms with van der Waals surface area (Å²) in [5.41, 5.74) is 4.83. The molecule has 6 nitrogen and oxygen atoms in total. The number of piperazine rings is 1. The highest BCUT2D eigenvalue weighted by molar-refractivity contribution is 5.79. The van der Waals surface area contributed by atoms with Gasteiger partial charge in [0.2, 0.25) is 5.91 Å². The third-order valence-corrected chi connectivity index (χ3v) is 6.25. The van der Waals surface area contributed by atoms with Gasteiger partial charge in [-0.25, -0.2) is 0 Å². The van der Waals surface area contributed by atoms with Crippen molar-refractivity contribution in [2.45, 2.75) is 33.6 Å². The maximum atomic E-state index is 13.1. The highest BCUT2D eigenvalue weighted by Crippen LogP contribution is 2.26. The summed E-state index contributed by atoms with van der Waals surface area (Å²) in [6.07, 6.45) is 1.79. The Hall–Kier alpha value is -2.63. The summed E-state index contributed by atoms with van der Waals surface area (Å²) in [7, 11) is 0. The molecular formula is C23H31N5O.